The van der Waals surface area contributed by atoms with Crippen LogP contribution in [0.1, 0.15) is 13.8 Å². The molecule has 0 radical (unpaired) electrons. The number of aliphatic carboxylic acids is 2. The molecule has 0 saturated carbocycles. The molecule has 0 rings (SSSR count). The molecule has 0 unspecified atom stereocenters. The van der Waals surface area contributed by atoms with Crippen LogP contribution in [0.2, 0.25) is 0 Å². The molecular formula is C8H10MgO8. The summed E-state index contributed by atoms with van der Waals surface area (Å²) in [5, 5.41) is 19.0. The molecule has 0 amide bonds. The summed E-state index contributed by atoms with van der Waals surface area (Å²) in [6.45, 7) is 0.941. The van der Waals surface area contributed by atoms with Gasteiger partial charge in [0.15, 0.2) is 0 Å². The first-order valence-corrected chi connectivity index (χ1v) is 3.92. The first kappa shape index (κ1) is 21.0. The maximum absolute atomic E-state index is 9.83. The van der Waals surface area contributed by atoms with Gasteiger partial charge in [0.25, 0.3) is 0 Å². The Hall–Kier alpha value is -1.35. The van der Waals surface area contributed by atoms with Crippen LogP contribution >= 0.6 is 0 Å². The standard InChI is InChI=1S/2C4H6O4.Mg/c2*1-3(5)8-2-4(6)7;/h2*2H2,1H3,(H,6,7);/q;;+2/p-2. The van der Waals surface area contributed by atoms with Crippen molar-refractivity contribution in [3.8, 4) is 0 Å². The third-order valence-electron chi connectivity index (χ3n) is 0.787. The van der Waals surface area contributed by atoms with Crippen LogP contribution in [0.15, 0.2) is 0 Å². The number of hydrogen-bond acceptors (Lipinski definition) is 8. The maximum atomic E-state index is 9.83. The molecule has 92 valence electrons. The van der Waals surface area contributed by atoms with Crippen molar-refractivity contribution in [1.82, 2.24) is 0 Å². The summed E-state index contributed by atoms with van der Waals surface area (Å²) in [6.07, 6.45) is 0. The summed E-state index contributed by atoms with van der Waals surface area (Å²) < 4.78 is 8.00. The van der Waals surface area contributed by atoms with Crippen LogP contribution in [0.3, 0.4) is 0 Å². The summed E-state index contributed by atoms with van der Waals surface area (Å²) in [4.78, 5) is 38.7. The molecule has 9 heteroatoms. The van der Waals surface area contributed by atoms with E-state index in [0.29, 0.717) is 0 Å². The van der Waals surface area contributed by atoms with Gasteiger partial charge in [-0.2, -0.15) is 0 Å². The van der Waals surface area contributed by atoms with Crippen molar-refractivity contribution in [2.75, 3.05) is 13.2 Å². The molecule has 0 aromatic carbocycles. The van der Waals surface area contributed by atoms with E-state index in [4.69, 9.17) is 0 Å². The Bertz CT molecular complexity index is 219. The van der Waals surface area contributed by atoms with Gasteiger partial charge in [0.2, 0.25) is 0 Å². The molecule has 0 aliphatic carbocycles. The Labute approximate surface area is 113 Å². The SMILES string of the molecule is CC(=O)OCC(=O)[O-].CC(=O)OCC(=O)[O-].[Mg+2]. The Morgan fingerprint density at radius 2 is 1.06 bits per heavy atom. The minimum Gasteiger partial charge on any atom is -0.546 e. The van der Waals surface area contributed by atoms with Crippen molar-refractivity contribution in [2.45, 2.75) is 13.8 Å². The molecule has 0 N–H and O–H groups in total. The summed E-state index contributed by atoms with van der Waals surface area (Å²) in [7, 11) is 0. The van der Waals surface area contributed by atoms with E-state index < -0.39 is 37.1 Å². The van der Waals surface area contributed by atoms with E-state index in [9.17, 15) is 29.4 Å². The molecule has 0 atom stereocenters. The van der Waals surface area contributed by atoms with Crippen LogP contribution in [0.4, 0.5) is 0 Å². The topological polar surface area (TPSA) is 133 Å². The van der Waals surface area contributed by atoms with Crippen LogP contribution in [-0.2, 0) is 28.7 Å². The predicted octanol–water partition coefficient (Wildman–Crippen LogP) is -3.78. The van der Waals surface area contributed by atoms with E-state index in [1.807, 2.05) is 0 Å². The summed E-state index contributed by atoms with van der Waals surface area (Å²) in [5.74, 6) is -4.01. The molecular weight excluding hydrogens is 248 g/mol. The van der Waals surface area contributed by atoms with Gasteiger partial charge in [0.1, 0.15) is 13.2 Å². The van der Waals surface area contributed by atoms with Gasteiger partial charge in [-0.3, -0.25) is 9.59 Å². The third-order valence-corrected chi connectivity index (χ3v) is 0.787. The monoisotopic (exact) mass is 258 g/mol. The van der Waals surface area contributed by atoms with Gasteiger partial charge >= 0.3 is 35.0 Å². The first-order chi connectivity index (χ1) is 7.25. The van der Waals surface area contributed by atoms with E-state index in [1.165, 1.54) is 0 Å². The summed E-state index contributed by atoms with van der Waals surface area (Å²) in [6, 6.07) is 0. The van der Waals surface area contributed by atoms with Crippen molar-refractivity contribution >= 4 is 46.9 Å². The number of rotatable bonds is 4. The molecule has 0 aromatic heterocycles. The zero-order valence-corrected chi connectivity index (χ0v) is 10.8. The molecule has 0 spiro atoms. The Kier molecular flexibility index (Phi) is 15.7. The summed E-state index contributed by atoms with van der Waals surface area (Å²) >= 11 is 0. The van der Waals surface area contributed by atoms with E-state index in [0.717, 1.165) is 13.8 Å². The van der Waals surface area contributed by atoms with Crippen molar-refractivity contribution in [3.05, 3.63) is 0 Å². The second kappa shape index (κ2) is 12.7. The van der Waals surface area contributed by atoms with Gasteiger partial charge in [-0.05, 0) is 0 Å². The maximum Gasteiger partial charge on any atom is 2.00 e. The van der Waals surface area contributed by atoms with E-state index in [1.54, 1.807) is 0 Å². The first-order valence-electron chi connectivity index (χ1n) is 3.92. The number of hydrogen-bond donors (Lipinski definition) is 0. The molecule has 0 saturated heterocycles. The minimum atomic E-state index is -1.39. The van der Waals surface area contributed by atoms with Crippen LogP contribution in [0.5, 0.6) is 0 Å². The number of carboxylic acid groups (broad SMARTS) is 2. The van der Waals surface area contributed by atoms with Crippen molar-refractivity contribution in [2.24, 2.45) is 0 Å². The fourth-order valence-corrected chi connectivity index (χ4v) is 0.321. The van der Waals surface area contributed by atoms with Gasteiger partial charge in [0, 0.05) is 13.8 Å². The molecule has 17 heavy (non-hydrogen) atoms. The molecule has 0 bridgehead atoms. The Morgan fingerprint density at radius 3 is 1.12 bits per heavy atom. The fraction of sp³-hybridized carbons (Fsp3) is 0.500. The largest absolute Gasteiger partial charge is 2.00 e. The van der Waals surface area contributed by atoms with E-state index in [2.05, 4.69) is 9.47 Å². The molecule has 0 aliphatic heterocycles. The third kappa shape index (κ3) is 31.3. The fourth-order valence-electron chi connectivity index (χ4n) is 0.321. The molecule has 0 aliphatic rings. The van der Waals surface area contributed by atoms with Gasteiger partial charge in [-0.25, -0.2) is 0 Å². The number of carbonyl (C=O) groups is 4. The van der Waals surface area contributed by atoms with Crippen molar-refractivity contribution < 1.29 is 38.9 Å². The molecule has 0 aromatic rings. The Balaban J connectivity index is -0.000000218. The van der Waals surface area contributed by atoms with Gasteiger partial charge < -0.3 is 29.3 Å². The Morgan fingerprint density at radius 1 is 0.824 bits per heavy atom. The van der Waals surface area contributed by atoms with Crippen molar-refractivity contribution in [1.29, 1.82) is 0 Å². The second-order valence-corrected chi connectivity index (χ2v) is 2.30. The predicted molar refractivity (Wildman–Crippen MR) is 49.0 cm³/mol. The molecule has 8 nitrogen and oxygen atoms in total. The quantitative estimate of drug-likeness (QED) is 0.370. The minimum absolute atomic E-state index is 0. The number of esters is 2. The smallest absolute Gasteiger partial charge is 0.546 e. The molecule has 0 heterocycles. The van der Waals surface area contributed by atoms with Crippen LogP contribution in [0.25, 0.3) is 0 Å². The van der Waals surface area contributed by atoms with E-state index in [-0.39, 0.29) is 23.1 Å². The zero-order valence-electron chi connectivity index (χ0n) is 9.39. The average molecular weight is 258 g/mol. The van der Waals surface area contributed by atoms with Gasteiger partial charge in [-0.15, -0.1) is 0 Å². The average Bonchev–Trinajstić information content (AvgIpc) is 2.12. The van der Waals surface area contributed by atoms with Crippen molar-refractivity contribution in [3.63, 3.8) is 0 Å². The molecule has 0 fully saturated rings. The van der Waals surface area contributed by atoms with Gasteiger partial charge in [0.05, 0.1) is 11.9 Å². The van der Waals surface area contributed by atoms with Crippen LogP contribution in [-0.4, -0.2) is 60.1 Å². The van der Waals surface area contributed by atoms with E-state index >= 15 is 0 Å². The summed E-state index contributed by atoms with van der Waals surface area (Å²) in [5.41, 5.74) is 0. The number of carbonyl (C=O) groups excluding carboxylic acids is 4. The number of ether oxygens (including phenoxy) is 2. The second-order valence-electron chi connectivity index (χ2n) is 2.30. The van der Waals surface area contributed by atoms with Crippen LogP contribution < -0.4 is 10.2 Å². The zero-order chi connectivity index (χ0) is 13.1. The van der Waals surface area contributed by atoms with Gasteiger partial charge in [-0.1, -0.05) is 0 Å². The van der Waals surface area contributed by atoms with Crippen LogP contribution in [0, 0.1) is 0 Å². The normalized spacial score (nSPS) is 7.65. The number of carboxylic acids is 2.